The van der Waals surface area contributed by atoms with Gasteiger partial charge in [0.1, 0.15) is 11.4 Å². The second kappa shape index (κ2) is 3.13. The van der Waals surface area contributed by atoms with Crippen molar-refractivity contribution in [3.8, 4) is 0 Å². The zero-order chi connectivity index (χ0) is 12.2. The van der Waals surface area contributed by atoms with E-state index in [-0.39, 0.29) is 17.7 Å². The highest BCUT2D eigenvalue weighted by atomic mass is 19.1. The zero-order valence-corrected chi connectivity index (χ0v) is 9.27. The summed E-state index contributed by atoms with van der Waals surface area (Å²) in [6.45, 7) is 1.86. The van der Waals surface area contributed by atoms with E-state index in [2.05, 4.69) is 4.98 Å². The maximum Gasteiger partial charge on any atom is 0.269 e. The number of halogens is 1. The summed E-state index contributed by atoms with van der Waals surface area (Å²) in [6, 6.07) is 2.80. The lowest BCUT2D eigenvalue weighted by Gasteiger charge is -2.21. The van der Waals surface area contributed by atoms with Gasteiger partial charge in [-0.05, 0) is 18.6 Å². The molecular formula is C12H11FN2O2. The third kappa shape index (κ3) is 1.20. The number of aliphatic hydroxyl groups is 1. The molecule has 0 fully saturated rings. The maximum absolute atomic E-state index is 13.9. The van der Waals surface area contributed by atoms with Crippen LogP contribution in [0.4, 0.5) is 4.39 Å². The Bertz CT molecular complexity index is 680. The molecule has 0 radical (unpaired) electrons. The van der Waals surface area contributed by atoms with Crippen molar-refractivity contribution >= 4 is 11.0 Å². The van der Waals surface area contributed by atoms with E-state index >= 15 is 0 Å². The van der Waals surface area contributed by atoms with Gasteiger partial charge >= 0.3 is 0 Å². The second-order valence-corrected chi connectivity index (χ2v) is 4.36. The Morgan fingerprint density at radius 1 is 1.59 bits per heavy atom. The van der Waals surface area contributed by atoms with E-state index in [0.717, 1.165) is 0 Å². The molecule has 1 aliphatic heterocycles. The third-order valence-corrected chi connectivity index (χ3v) is 3.43. The van der Waals surface area contributed by atoms with Crippen LogP contribution in [-0.2, 0) is 12.1 Å². The highest BCUT2D eigenvalue weighted by Crippen LogP contribution is 2.38. The van der Waals surface area contributed by atoms with Crippen molar-refractivity contribution in [3.63, 3.8) is 0 Å². The molecule has 1 unspecified atom stereocenters. The fourth-order valence-corrected chi connectivity index (χ4v) is 2.47. The molecule has 0 aliphatic carbocycles. The topological polar surface area (TPSA) is 55.1 Å². The molecule has 1 aliphatic rings. The highest BCUT2D eigenvalue weighted by molar-refractivity contribution is 5.81. The molecule has 0 saturated heterocycles. The van der Waals surface area contributed by atoms with Crippen molar-refractivity contribution in [3.05, 3.63) is 40.1 Å². The van der Waals surface area contributed by atoms with Gasteiger partial charge in [-0.2, -0.15) is 0 Å². The van der Waals surface area contributed by atoms with E-state index in [1.165, 1.54) is 22.9 Å². The minimum absolute atomic E-state index is 0.0949. The summed E-state index contributed by atoms with van der Waals surface area (Å²) in [5.41, 5.74) is -0.470. The van der Waals surface area contributed by atoms with Gasteiger partial charge in [-0.15, -0.1) is 0 Å². The Balaban J connectivity index is 2.53. The monoisotopic (exact) mass is 234 g/mol. The van der Waals surface area contributed by atoms with Gasteiger partial charge in [0.05, 0.1) is 23.8 Å². The second-order valence-electron chi connectivity index (χ2n) is 4.36. The van der Waals surface area contributed by atoms with Crippen LogP contribution in [0, 0.1) is 5.82 Å². The Hall–Kier alpha value is -1.75. The predicted molar refractivity (Wildman–Crippen MR) is 60.1 cm³/mol. The van der Waals surface area contributed by atoms with Gasteiger partial charge in [-0.1, -0.05) is 6.92 Å². The Labute approximate surface area is 96.3 Å². The Morgan fingerprint density at radius 2 is 2.35 bits per heavy atom. The number of rotatable bonds is 1. The minimum Gasteiger partial charge on any atom is -0.383 e. The van der Waals surface area contributed by atoms with E-state index in [1.807, 2.05) is 0 Å². The van der Waals surface area contributed by atoms with Crippen LogP contribution >= 0.6 is 0 Å². The third-order valence-electron chi connectivity index (χ3n) is 3.43. The quantitative estimate of drug-likeness (QED) is 0.805. The predicted octanol–water partition coefficient (Wildman–Crippen LogP) is 1.15. The first-order valence-corrected chi connectivity index (χ1v) is 5.48. The first kappa shape index (κ1) is 10.4. The summed E-state index contributed by atoms with van der Waals surface area (Å²) in [6.07, 6.45) is 1.55. The Morgan fingerprint density at radius 3 is 3.06 bits per heavy atom. The highest BCUT2D eigenvalue weighted by Gasteiger charge is 2.39. The molecule has 88 valence electrons. The number of aromatic nitrogens is 2. The molecule has 2 aromatic rings. The summed E-state index contributed by atoms with van der Waals surface area (Å²) in [7, 11) is 0. The van der Waals surface area contributed by atoms with Crippen molar-refractivity contribution in [1.82, 2.24) is 9.55 Å². The maximum atomic E-state index is 13.9. The first-order chi connectivity index (χ1) is 8.07. The molecule has 1 N–H and O–H groups in total. The fourth-order valence-electron chi connectivity index (χ4n) is 2.47. The van der Waals surface area contributed by atoms with Crippen LogP contribution in [0.2, 0.25) is 0 Å². The summed E-state index contributed by atoms with van der Waals surface area (Å²) in [5, 5.41) is 10.4. The van der Waals surface area contributed by atoms with Gasteiger partial charge in [0.2, 0.25) is 0 Å². The van der Waals surface area contributed by atoms with Gasteiger partial charge in [0.15, 0.2) is 0 Å². The molecule has 0 saturated carbocycles. The van der Waals surface area contributed by atoms with Crippen LogP contribution in [0.25, 0.3) is 11.0 Å². The van der Waals surface area contributed by atoms with Crippen molar-refractivity contribution in [2.45, 2.75) is 25.5 Å². The molecule has 3 rings (SSSR count). The van der Waals surface area contributed by atoms with Gasteiger partial charge < -0.3 is 9.67 Å². The number of hydrogen-bond donors (Lipinski definition) is 1. The average molecular weight is 234 g/mol. The molecule has 1 aromatic carbocycles. The smallest absolute Gasteiger partial charge is 0.269 e. The first-order valence-electron chi connectivity index (χ1n) is 5.48. The number of benzene rings is 1. The largest absolute Gasteiger partial charge is 0.383 e. The SMILES string of the molecule is CCC1(O)Cn2c(=O)cnc3ccc(F)c1c32. The summed E-state index contributed by atoms with van der Waals surface area (Å²) in [4.78, 5) is 15.7. The molecule has 5 heteroatoms. The molecular weight excluding hydrogens is 223 g/mol. The van der Waals surface area contributed by atoms with E-state index in [1.54, 1.807) is 6.92 Å². The van der Waals surface area contributed by atoms with Crippen LogP contribution in [-0.4, -0.2) is 14.7 Å². The zero-order valence-electron chi connectivity index (χ0n) is 9.27. The summed E-state index contributed by atoms with van der Waals surface area (Å²) in [5.74, 6) is -0.486. The van der Waals surface area contributed by atoms with E-state index in [9.17, 15) is 14.3 Å². The van der Waals surface area contributed by atoms with E-state index < -0.39 is 11.4 Å². The van der Waals surface area contributed by atoms with Gasteiger partial charge in [-0.25, -0.2) is 9.37 Å². The summed E-state index contributed by atoms with van der Waals surface area (Å²) >= 11 is 0. The lowest BCUT2D eigenvalue weighted by atomic mass is 9.92. The van der Waals surface area contributed by atoms with Crippen LogP contribution in [0.15, 0.2) is 23.1 Å². The van der Waals surface area contributed by atoms with Crippen LogP contribution in [0.5, 0.6) is 0 Å². The van der Waals surface area contributed by atoms with Crippen molar-refractivity contribution in [2.75, 3.05) is 0 Å². The molecule has 0 spiro atoms. The molecule has 0 bridgehead atoms. The van der Waals surface area contributed by atoms with Crippen molar-refractivity contribution in [2.24, 2.45) is 0 Å². The van der Waals surface area contributed by atoms with Crippen molar-refractivity contribution in [1.29, 1.82) is 0 Å². The molecule has 2 heterocycles. The molecule has 0 amide bonds. The van der Waals surface area contributed by atoms with Gasteiger partial charge in [0.25, 0.3) is 5.56 Å². The van der Waals surface area contributed by atoms with Crippen LogP contribution < -0.4 is 5.56 Å². The van der Waals surface area contributed by atoms with E-state index in [4.69, 9.17) is 0 Å². The Kier molecular flexibility index (Phi) is 1.92. The van der Waals surface area contributed by atoms with Gasteiger partial charge in [-0.3, -0.25) is 4.79 Å². The van der Waals surface area contributed by atoms with E-state index in [0.29, 0.717) is 17.5 Å². The van der Waals surface area contributed by atoms with Crippen LogP contribution in [0.1, 0.15) is 18.9 Å². The standard InChI is InChI=1S/C12H11FN2O2/c1-2-12(17)6-15-9(16)5-14-8-4-3-7(13)10(12)11(8)15/h3-5,17H,2,6H2,1H3. The minimum atomic E-state index is -1.31. The fraction of sp³-hybridized carbons (Fsp3) is 0.333. The van der Waals surface area contributed by atoms with Crippen LogP contribution in [0.3, 0.4) is 0 Å². The summed E-state index contributed by atoms with van der Waals surface area (Å²) < 4.78 is 15.3. The van der Waals surface area contributed by atoms with Gasteiger partial charge in [0, 0.05) is 5.56 Å². The number of nitrogens with zero attached hydrogens (tertiary/aromatic N) is 2. The average Bonchev–Trinajstić information content (AvgIpc) is 2.64. The lowest BCUT2D eigenvalue weighted by molar-refractivity contribution is 0.0221. The van der Waals surface area contributed by atoms with Crippen molar-refractivity contribution < 1.29 is 9.50 Å². The lowest BCUT2D eigenvalue weighted by Crippen LogP contribution is -2.29. The molecule has 4 nitrogen and oxygen atoms in total. The normalized spacial score (nSPS) is 22.3. The molecule has 1 aromatic heterocycles. The number of hydrogen-bond acceptors (Lipinski definition) is 3. The molecule has 1 atom stereocenters. The molecule has 17 heavy (non-hydrogen) atoms.